The van der Waals surface area contributed by atoms with Crippen LogP contribution in [0.2, 0.25) is 0 Å². The minimum atomic E-state index is -0.356. The Bertz CT molecular complexity index is 352. The van der Waals surface area contributed by atoms with Crippen LogP contribution >= 0.6 is 11.3 Å². The average molecular weight is 239 g/mol. The van der Waals surface area contributed by atoms with Crippen molar-refractivity contribution in [3.8, 4) is 0 Å². The zero-order valence-electron chi connectivity index (χ0n) is 9.13. The third-order valence-corrected chi connectivity index (χ3v) is 3.72. The lowest BCUT2D eigenvalue weighted by molar-refractivity contribution is 0.163. The number of thiophene rings is 1. The molecule has 5 heteroatoms. The molecule has 2 rings (SSSR count). The highest BCUT2D eigenvalue weighted by Crippen LogP contribution is 2.21. The fraction of sp³-hybridized carbons (Fsp3) is 0.545. The van der Waals surface area contributed by atoms with E-state index in [4.69, 9.17) is 11.5 Å². The molecule has 2 unspecified atom stereocenters. The van der Waals surface area contributed by atoms with Gasteiger partial charge in [-0.15, -0.1) is 0 Å². The van der Waals surface area contributed by atoms with E-state index < -0.39 is 0 Å². The number of hydrogen-bond donors (Lipinski definition) is 2. The summed E-state index contributed by atoms with van der Waals surface area (Å²) in [7, 11) is 0. The van der Waals surface area contributed by atoms with Gasteiger partial charge in [0.2, 0.25) is 0 Å². The highest BCUT2D eigenvalue weighted by atomic mass is 32.1. The second-order valence-electron chi connectivity index (χ2n) is 4.44. The third-order valence-electron chi connectivity index (χ3n) is 2.99. The monoisotopic (exact) mass is 239 g/mol. The van der Waals surface area contributed by atoms with Crippen molar-refractivity contribution in [1.82, 2.24) is 4.90 Å². The van der Waals surface area contributed by atoms with Crippen LogP contribution in [0, 0.1) is 5.92 Å². The summed E-state index contributed by atoms with van der Waals surface area (Å²) in [6.45, 7) is 1.33. The van der Waals surface area contributed by atoms with Crippen molar-refractivity contribution in [2.24, 2.45) is 17.4 Å². The lowest BCUT2D eigenvalue weighted by Gasteiger charge is -2.35. The van der Waals surface area contributed by atoms with Crippen molar-refractivity contribution in [2.75, 3.05) is 13.1 Å². The van der Waals surface area contributed by atoms with E-state index in [1.165, 1.54) is 5.56 Å². The molecule has 2 heterocycles. The van der Waals surface area contributed by atoms with Crippen molar-refractivity contribution in [1.29, 1.82) is 0 Å². The van der Waals surface area contributed by atoms with Gasteiger partial charge in [0, 0.05) is 19.1 Å². The number of nitrogens with two attached hydrogens (primary N) is 2. The Labute approximate surface area is 99.2 Å². The molecule has 1 fully saturated rings. The number of rotatable bonds is 2. The minimum absolute atomic E-state index is 0.0601. The Morgan fingerprint density at radius 3 is 3.00 bits per heavy atom. The van der Waals surface area contributed by atoms with E-state index >= 15 is 0 Å². The first kappa shape index (κ1) is 11.4. The SMILES string of the molecule is NC(=O)N1CC(N)CC(Cc2ccsc2)C1. The number of piperidine rings is 1. The second-order valence-corrected chi connectivity index (χ2v) is 5.22. The van der Waals surface area contributed by atoms with E-state index in [9.17, 15) is 4.79 Å². The normalized spacial score (nSPS) is 25.7. The summed E-state index contributed by atoms with van der Waals surface area (Å²) >= 11 is 1.70. The van der Waals surface area contributed by atoms with E-state index in [2.05, 4.69) is 16.8 Å². The van der Waals surface area contributed by atoms with Gasteiger partial charge in [-0.05, 0) is 41.1 Å². The van der Waals surface area contributed by atoms with E-state index in [0.29, 0.717) is 12.5 Å². The standard InChI is InChI=1S/C11H17N3OS/c12-10-4-9(3-8-1-2-16-7-8)5-14(6-10)11(13)15/h1-2,7,9-10H,3-6,12H2,(H2,13,15). The van der Waals surface area contributed by atoms with Gasteiger partial charge in [0.1, 0.15) is 0 Å². The summed E-state index contributed by atoms with van der Waals surface area (Å²) < 4.78 is 0. The molecule has 0 saturated carbocycles. The summed E-state index contributed by atoms with van der Waals surface area (Å²) in [5.74, 6) is 0.436. The molecule has 2 amide bonds. The van der Waals surface area contributed by atoms with Crippen molar-refractivity contribution >= 4 is 17.4 Å². The molecule has 0 bridgehead atoms. The lowest BCUT2D eigenvalue weighted by Crippen LogP contribution is -2.51. The smallest absolute Gasteiger partial charge is 0.314 e. The molecule has 16 heavy (non-hydrogen) atoms. The van der Waals surface area contributed by atoms with Gasteiger partial charge >= 0.3 is 6.03 Å². The van der Waals surface area contributed by atoms with Gasteiger partial charge in [-0.2, -0.15) is 11.3 Å². The predicted octanol–water partition coefficient (Wildman–Crippen LogP) is 1.02. The number of hydrogen-bond acceptors (Lipinski definition) is 3. The lowest BCUT2D eigenvalue weighted by atomic mass is 9.90. The molecule has 4 nitrogen and oxygen atoms in total. The summed E-state index contributed by atoms with van der Waals surface area (Å²) in [5, 5.41) is 4.22. The molecular formula is C11H17N3OS. The Morgan fingerprint density at radius 1 is 1.56 bits per heavy atom. The number of primary amides is 1. The van der Waals surface area contributed by atoms with Crippen LogP contribution in [0.4, 0.5) is 4.79 Å². The molecule has 0 spiro atoms. The highest BCUT2D eigenvalue weighted by molar-refractivity contribution is 7.07. The fourth-order valence-electron chi connectivity index (χ4n) is 2.32. The number of urea groups is 1. The molecule has 2 atom stereocenters. The molecule has 0 aromatic carbocycles. The van der Waals surface area contributed by atoms with Gasteiger partial charge in [0.25, 0.3) is 0 Å². The molecule has 1 aliphatic heterocycles. The third kappa shape index (κ3) is 2.74. The largest absolute Gasteiger partial charge is 0.351 e. The molecular weight excluding hydrogens is 222 g/mol. The van der Waals surface area contributed by atoms with Crippen LogP contribution < -0.4 is 11.5 Å². The molecule has 4 N–H and O–H groups in total. The number of carbonyl (C=O) groups is 1. The van der Waals surface area contributed by atoms with Crippen LogP contribution in [0.5, 0.6) is 0 Å². The minimum Gasteiger partial charge on any atom is -0.351 e. The van der Waals surface area contributed by atoms with Crippen LogP contribution in [-0.4, -0.2) is 30.1 Å². The topological polar surface area (TPSA) is 72.4 Å². The summed E-state index contributed by atoms with van der Waals surface area (Å²) in [6.07, 6.45) is 1.96. The van der Waals surface area contributed by atoms with Crippen molar-refractivity contribution in [2.45, 2.75) is 18.9 Å². The maximum Gasteiger partial charge on any atom is 0.314 e. The van der Waals surface area contributed by atoms with Gasteiger partial charge in [-0.1, -0.05) is 0 Å². The first-order valence-electron chi connectivity index (χ1n) is 5.46. The number of amides is 2. The maximum absolute atomic E-state index is 11.1. The molecule has 1 aliphatic rings. The summed E-state index contributed by atoms with van der Waals surface area (Å²) in [6, 6.07) is 1.83. The van der Waals surface area contributed by atoms with E-state index in [1.807, 2.05) is 0 Å². The molecule has 1 aromatic heterocycles. The van der Waals surface area contributed by atoms with Crippen molar-refractivity contribution in [3.63, 3.8) is 0 Å². The predicted molar refractivity (Wildman–Crippen MR) is 65.3 cm³/mol. The summed E-state index contributed by atoms with van der Waals surface area (Å²) in [4.78, 5) is 12.8. The quantitative estimate of drug-likeness (QED) is 0.808. The fourth-order valence-corrected chi connectivity index (χ4v) is 3.00. The Morgan fingerprint density at radius 2 is 2.38 bits per heavy atom. The molecule has 0 radical (unpaired) electrons. The zero-order valence-corrected chi connectivity index (χ0v) is 9.95. The van der Waals surface area contributed by atoms with Crippen molar-refractivity contribution < 1.29 is 4.79 Å². The van der Waals surface area contributed by atoms with Gasteiger partial charge in [0.15, 0.2) is 0 Å². The second kappa shape index (κ2) is 4.84. The first-order valence-corrected chi connectivity index (χ1v) is 6.40. The van der Waals surface area contributed by atoms with Crippen LogP contribution in [0.1, 0.15) is 12.0 Å². The van der Waals surface area contributed by atoms with Gasteiger partial charge in [-0.25, -0.2) is 4.79 Å². The zero-order chi connectivity index (χ0) is 11.5. The van der Waals surface area contributed by atoms with E-state index in [-0.39, 0.29) is 12.1 Å². The van der Waals surface area contributed by atoms with Crippen LogP contribution in [0.25, 0.3) is 0 Å². The molecule has 0 aliphatic carbocycles. The Balaban J connectivity index is 1.97. The first-order chi connectivity index (χ1) is 7.65. The van der Waals surface area contributed by atoms with Gasteiger partial charge in [-0.3, -0.25) is 0 Å². The molecule has 1 aromatic rings. The van der Waals surface area contributed by atoms with E-state index in [1.54, 1.807) is 16.2 Å². The number of likely N-dealkylation sites (tertiary alicyclic amines) is 1. The van der Waals surface area contributed by atoms with Crippen LogP contribution in [-0.2, 0) is 6.42 Å². The maximum atomic E-state index is 11.1. The highest BCUT2D eigenvalue weighted by Gasteiger charge is 2.26. The Kier molecular flexibility index (Phi) is 3.46. The van der Waals surface area contributed by atoms with Gasteiger partial charge < -0.3 is 16.4 Å². The van der Waals surface area contributed by atoms with Gasteiger partial charge in [0.05, 0.1) is 0 Å². The average Bonchev–Trinajstić information content (AvgIpc) is 2.69. The van der Waals surface area contributed by atoms with Crippen LogP contribution in [0.15, 0.2) is 16.8 Å². The molecule has 88 valence electrons. The number of nitrogens with zero attached hydrogens (tertiary/aromatic N) is 1. The van der Waals surface area contributed by atoms with Crippen molar-refractivity contribution in [3.05, 3.63) is 22.4 Å². The van der Waals surface area contributed by atoms with E-state index in [0.717, 1.165) is 19.4 Å². The molecule has 1 saturated heterocycles. The number of carbonyl (C=O) groups excluding carboxylic acids is 1. The summed E-state index contributed by atoms with van der Waals surface area (Å²) in [5.41, 5.74) is 12.6. The Hall–Kier alpha value is -1.07. The van der Waals surface area contributed by atoms with Crippen LogP contribution in [0.3, 0.4) is 0 Å².